The van der Waals surface area contributed by atoms with E-state index in [2.05, 4.69) is 50.4 Å². The Morgan fingerprint density at radius 1 is 0.522 bits per heavy atom. The number of rotatable bonds is 51. The van der Waals surface area contributed by atoms with Crippen LogP contribution in [0.5, 0.6) is 0 Å². The number of esters is 1. The largest absolute Gasteiger partial charge is 0.472 e. The zero-order valence-electron chi connectivity index (χ0n) is 44.9. The average molecular weight is 966 g/mol. The van der Waals surface area contributed by atoms with Crippen LogP contribution >= 0.6 is 7.82 Å². The van der Waals surface area contributed by atoms with Crippen LogP contribution in [0.15, 0.2) is 36.5 Å². The van der Waals surface area contributed by atoms with Gasteiger partial charge >= 0.3 is 13.8 Å². The van der Waals surface area contributed by atoms with Crippen LogP contribution in [0.2, 0.25) is 0 Å². The third-order valence-corrected chi connectivity index (χ3v) is 13.6. The van der Waals surface area contributed by atoms with Crippen molar-refractivity contribution in [2.45, 2.75) is 277 Å². The molecule has 67 heavy (non-hydrogen) atoms. The topological polar surface area (TPSA) is 111 Å². The van der Waals surface area contributed by atoms with Gasteiger partial charge in [0.25, 0.3) is 0 Å². The smallest absolute Gasteiger partial charge is 0.456 e. The average Bonchev–Trinajstić information content (AvgIpc) is 3.28. The van der Waals surface area contributed by atoms with Crippen LogP contribution < -0.4 is 5.32 Å². The second-order valence-electron chi connectivity index (χ2n) is 20.5. The number of amides is 1. The molecule has 0 aliphatic heterocycles. The van der Waals surface area contributed by atoms with Crippen molar-refractivity contribution in [3.8, 4) is 0 Å². The van der Waals surface area contributed by atoms with E-state index in [0.717, 1.165) is 64.2 Å². The summed E-state index contributed by atoms with van der Waals surface area (Å²) < 4.78 is 30.6. The Balaban J connectivity index is 5.40. The molecule has 10 heteroatoms. The minimum absolute atomic E-state index is 0.0370. The van der Waals surface area contributed by atoms with Crippen molar-refractivity contribution in [1.29, 1.82) is 0 Å². The number of nitrogens with zero attached hydrogens (tertiary/aromatic N) is 1. The fourth-order valence-electron chi connectivity index (χ4n) is 8.17. The molecular formula is C57H110N2O7P+. The van der Waals surface area contributed by atoms with Gasteiger partial charge < -0.3 is 19.4 Å². The monoisotopic (exact) mass is 966 g/mol. The van der Waals surface area contributed by atoms with Gasteiger partial charge in [0.1, 0.15) is 19.3 Å². The highest BCUT2D eigenvalue weighted by Gasteiger charge is 2.30. The standard InChI is InChI=1S/C57H109N2O7P/c1-7-10-13-16-19-22-25-28-29-30-32-34-37-40-43-46-49-56(60)58-54(53-65-67(62,63)64-52-51-59(4,5)6)55(48-45-42-39-36-33-27-24-21-18-15-12-9-3)66-57(61)50-47-44-41-38-35-31-26-23-20-17-14-11-8-2/h29-30,32,34,45,48,54-55H,7-28,31,33,35-44,46-47,49-53H2,1-6H3,(H-,58,60,62,63)/p+1/b30-29+,34-32+,48-45+. The summed E-state index contributed by atoms with van der Waals surface area (Å²) in [6, 6.07) is -0.856. The lowest BCUT2D eigenvalue weighted by Gasteiger charge is -2.27. The van der Waals surface area contributed by atoms with Gasteiger partial charge in [-0.25, -0.2) is 4.57 Å². The van der Waals surface area contributed by atoms with Gasteiger partial charge in [-0.3, -0.25) is 18.6 Å². The number of allylic oxidation sites excluding steroid dienone is 5. The van der Waals surface area contributed by atoms with Crippen LogP contribution in [0.4, 0.5) is 0 Å². The van der Waals surface area contributed by atoms with E-state index in [-0.39, 0.29) is 31.5 Å². The minimum atomic E-state index is -4.44. The molecule has 9 nitrogen and oxygen atoms in total. The van der Waals surface area contributed by atoms with E-state index in [0.29, 0.717) is 23.9 Å². The number of quaternary nitrogens is 1. The maximum absolute atomic E-state index is 13.5. The van der Waals surface area contributed by atoms with Gasteiger partial charge in [-0.1, -0.05) is 231 Å². The SMILES string of the molecule is CCCCCCCCC/C=C/C=C/CCCCCC(=O)NC(COP(=O)(O)OCC[N+](C)(C)C)C(/C=C/CCCCCCCCCCCC)OC(=O)CCCCCCCCCCCCCCC. The number of ether oxygens (including phenoxy) is 1. The molecule has 0 aromatic heterocycles. The number of carbonyl (C=O) groups excluding carboxylic acids is 2. The molecule has 0 rings (SSSR count). The number of nitrogens with one attached hydrogen (secondary N) is 1. The van der Waals surface area contributed by atoms with E-state index in [9.17, 15) is 19.0 Å². The Hall–Kier alpha value is -1.77. The van der Waals surface area contributed by atoms with Gasteiger partial charge in [0.15, 0.2) is 0 Å². The summed E-state index contributed by atoms with van der Waals surface area (Å²) in [4.78, 5) is 37.5. The molecule has 3 unspecified atom stereocenters. The molecule has 0 aromatic carbocycles. The third kappa shape index (κ3) is 49.0. The molecule has 0 radical (unpaired) electrons. The zero-order valence-corrected chi connectivity index (χ0v) is 45.8. The van der Waals surface area contributed by atoms with Crippen molar-refractivity contribution in [2.75, 3.05) is 40.9 Å². The molecule has 394 valence electrons. The Morgan fingerprint density at radius 3 is 1.33 bits per heavy atom. The summed E-state index contributed by atoms with van der Waals surface area (Å²) in [7, 11) is 1.49. The lowest BCUT2D eigenvalue weighted by atomic mass is 10.0. The molecule has 0 aliphatic rings. The second-order valence-corrected chi connectivity index (χ2v) is 22.0. The molecular weight excluding hydrogens is 856 g/mol. The molecule has 0 spiro atoms. The predicted molar refractivity (Wildman–Crippen MR) is 286 cm³/mol. The summed E-state index contributed by atoms with van der Waals surface area (Å²) >= 11 is 0. The first-order chi connectivity index (χ1) is 32.4. The summed E-state index contributed by atoms with van der Waals surface area (Å²) in [5, 5.41) is 3.03. The van der Waals surface area contributed by atoms with E-state index in [1.165, 1.54) is 161 Å². The van der Waals surface area contributed by atoms with Gasteiger partial charge in [0, 0.05) is 12.8 Å². The van der Waals surface area contributed by atoms with Crippen molar-refractivity contribution in [1.82, 2.24) is 5.32 Å². The lowest BCUT2D eigenvalue weighted by molar-refractivity contribution is -0.870. The molecule has 0 bridgehead atoms. The van der Waals surface area contributed by atoms with Crippen molar-refractivity contribution < 1.29 is 37.3 Å². The van der Waals surface area contributed by atoms with Gasteiger partial charge in [-0.05, 0) is 57.4 Å². The fourth-order valence-corrected chi connectivity index (χ4v) is 8.90. The first-order valence-corrected chi connectivity index (χ1v) is 29.8. The highest BCUT2D eigenvalue weighted by atomic mass is 31.2. The molecule has 1 amide bonds. The van der Waals surface area contributed by atoms with Crippen molar-refractivity contribution >= 4 is 19.7 Å². The summed E-state index contributed by atoms with van der Waals surface area (Å²) in [5.74, 6) is -0.528. The molecule has 0 saturated heterocycles. The second kappa shape index (κ2) is 47.9. The Kier molecular flexibility index (Phi) is 46.6. The number of hydrogen-bond acceptors (Lipinski definition) is 6. The highest BCUT2D eigenvalue weighted by Crippen LogP contribution is 2.43. The number of hydrogen-bond donors (Lipinski definition) is 2. The molecule has 0 fully saturated rings. The van der Waals surface area contributed by atoms with Crippen molar-refractivity contribution in [2.24, 2.45) is 0 Å². The first kappa shape index (κ1) is 65.2. The number of carbonyl (C=O) groups is 2. The van der Waals surface area contributed by atoms with Crippen LogP contribution in [0, 0.1) is 0 Å². The summed E-state index contributed by atoms with van der Waals surface area (Å²) in [6.07, 6.45) is 55.6. The molecule has 0 saturated carbocycles. The van der Waals surface area contributed by atoms with Gasteiger partial charge in [-0.15, -0.1) is 0 Å². The zero-order chi connectivity index (χ0) is 49.4. The van der Waals surface area contributed by atoms with E-state index >= 15 is 0 Å². The maximum Gasteiger partial charge on any atom is 0.472 e. The van der Waals surface area contributed by atoms with E-state index in [1.807, 2.05) is 33.3 Å². The van der Waals surface area contributed by atoms with Gasteiger partial charge in [0.05, 0.1) is 33.8 Å². The van der Waals surface area contributed by atoms with Gasteiger partial charge in [-0.2, -0.15) is 0 Å². The van der Waals surface area contributed by atoms with Crippen LogP contribution in [0.1, 0.15) is 265 Å². The Bertz CT molecular complexity index is 1250. The Labute approximate surface area is 415 Å². The fraction of sp³-hybridized carbons (Fsp3) is 0.860. The number of unbranched alkanes of at least 4 members (excludes halogenated alkanes) is 32. The molecule has 0 aromatic rings. The van der Waals surface area contributed by atoms with Crippen LogP contribution in [0.3, 0.4) is 0 Å². The minimum Gasteiger partial charge on any atom is -0.456 e. The van der Waals surface area contributed by atoms with Crippen LogP contribution in [0.25, 0.3) is 0 Å². The highest BCUT2D eigenvalue weighted by molar-refractivity contribution is 7.47. The van der Waals surface area contributed by atoms with Gasteiger partial charge in [0.2, 0.25) is 5.91 Å². The first-order valence-electron chi connectivity index (χ1n) is 28.3. The number of phosphoric ester groups is 1. The molecule has 3 atom stereocenters. The van der Waals surface area contributed by atoms with Crippen molar-refractivity contribution in [3.05, 3.63) is 36.5 Å². The predicted octanol–water partition coefficient (Wildman–Crippen LogP) is 16.8. The number of phosphoric acid groups is 1. The van der Waals surface area contributed by atoms with Crippen LogP contribution in [-0.2, 0) is 27.9 Å². The molecule has 0 heterocycles. The molecule has 0 aliphatic carbocycles. The summed E-state index contributed by atoms with van der Waals surface area (Å²) in [6.45, 7) is 6.99. The van der Waals surface area contributed by atoms with Crippen LogP contribution in [-0.4, -0.2) is 74.3 Å². The van der Waals surface area contributed by atoms with E-state index < -0.39 is 20.0 Å². The normalized spacial score (nSPS) is 14.1. The quantitative estimate of drug-likeness (QED) is 0.0156. The lowest BCUT2D eigenvalue weighted by Crippen LogP contribution is -2.47. The van der Waals surface area contributed by atoms with E-state index in [1.54, 1.807) is 0 Å². The van der Waals surface area contributed by atoms with Crippen molar-refractivity contribution in [3.63, 3.8) is 0 Å². The third-order valence-electron chi connectivity index (χ3n) is 12.6. The molecule has 2 N–H and O–H groups in total. The number of likely N-dealkylation sites (N-methyl/N-ethyl adjacent to an activating group) is 1. The maximum atomic E-state index is 13.5. The Morgan fingerprint density at radius 2 is 0.896 bits per heavy atom. The van der Waals surface area contributed by atoms with E-state index in [4.69, 9.17) is 13.8 Å². The summed E-state index contributed by atoms with van der Waals surface area (Å²) in [5.41, 5.74) is 0.